The fraction of sp³-hybridized carbons (Fsp3) is 0.116. The summed E-state index contributed by atoms with van der Waals surface area (Å²) in [6.45, 7) is -0.121. The van der Waals surface area contributed by atoms with Gasteiger partial charge in [0.15, 0.2) is 11.4 Å². The van der Waals surface area contributed by atoms with Gasteiger partial charge in [0.05, 0.1) is 60.5 Å². The zero-order chi connectivity index (χ0) is 38.1. The van der Waals surface area contributed by atoms with E-state index in [4.69, 9.17) is 32.3 Å². The van der Waals surface area contributed by atoms with Gasteiger partial charge in [0.1, 0.15) is 24.3 Å². The first-order valence-corrected chi connectivity index (χ1v) is 17.1. The van der Waals surface area contributed by atoms with Gasteiger partial charge in [-0.1, -0.05) is 36.1 Å². The highest BCUT2D eigenvalue weighted by atomic mass is 19.1. The summed E-state index contributed by atoms with van der Waals surface area (Å²) in [5, 5.41) is 0. The van der Waals surface area contributed by atoms with E-state index in [0.29, 0.717) is 67.6 Å². The molecule has 2 aliphatic rings. The number of carbonyl (C=O) groups excluding carboxylic acids is 2. The summed E-state index contributed by atoms with van der Waals surface area (Å²) in [6.07, 6.45) is 14.5. The summed E-state index contributed by atoms with van der Waals surface area (Å²) in [4.78, 5) is 44.6. The lowest BCUT2D eigenvalue weighted by Gasteiger charge is -2.13. The van der Waals surface area contributed by atoms with Crippen LogP contribution in [0.5, 0.6) is 0 Å². The number of aromatic nitrogens is 4. The van der Waals surface area contributed by atoms with E-state index in [2.05, 4.69) is 21.8 Å². The van der Waals surface area contributed by atoms with Crippen LogP contribution >= 0.6 is 0 Å². The number of ether oxygens (including phenoxy) is 2. The molecular formula is C43H28F2N6O4. The molecule has 0 N–H and O–H groups in total. The van der Waals surface area contributed by atoms with Crippen molar-refractivity contribution in [3.63, 3.8) is 0 Å². The molecule has 0 radical (unpaired) electrons. The second kappa shape index (κ2) is 14.5. The van der Waals surface area contributed by atoms with Crippen molar-refractivity contribution in [1.29, 1.82) is 0 Å². The third-order valence-corrected chi connectivity index (χ3v) is 9.26. The second-order valence-corrected chi connectivity index (χ2v) is 12.5. The van der Waals surface area contributed by atoms with Gasteiger partial charge in [-0.15, -0.1) is 12.8 Å². The number of rotatable bonds is 8. The fourth-order valence-corrected chi connectivity index (χ4v) is 6.63. The molecular weight excluding hydrogens is 703 g/mol. The predicted octanol–water partition coefficient (Wildman–Crippen LogP) is 6.40. The monoisotopic (exact) mass is 730 g/mol. The van der Waals surface area contributed by atoms with Gasteiger partial charge < -0.3 is 9.47 Å². The smallest absolute Gasteiger partial charge is 0.358 e. The van der Waals surface area contributed by atoms with Crippen LogP contribution in [0.25, 0.3) is 11.4 Å². The zero-order valence-electron chi connectivity index (χ0n) is 29.0. The van der Waals surface area contributed by atoms with Crippen LogP contribution in [0.3, 0.4) is 0 Å². The highest BCUT2D eigenvalue weighted by molar-refractivity contribution is 6.16. The maximum Gasteiger partial charge on any atom is 0.358 e. The first kappa shape index (κ1) is 34.6. The standard InChI is InChI=1S/C43H28F2N6O4/c1-3-26-14-16-34-30(20-26)38(28-10-5-7-12-32(28)44)46-22-36-40(48-24-50(34)36)42(52)54-18-9-19-55-43(53)41-37-23-47-39(29-11-6-8-13-33(29)45)31-21-27(4-2)15-17-35(31)51(37)25-49-41/h1-2,5-8,10-17,20-21,24-25H,9,18-19,22-23H2. The normalized spacial score (nSPS) is 12.6. The Labute approximate surface area is 313 Å². The lowest BCUT2D eigenvalue weighted by Crippen LogP contribution is -2.14. The van der Waals surface area contributed by atoms with Crippen molar-refractivity contribution < 1.29 is 27.8 Å². The van der Waals surface area contributed by atoms with Crippen molar-refractivity contribution in [2.75, 3.05) is 13.2 Å². The summed E-state index contributed by atoms with van der Waals surface area (Å²) in [5.74, 6) is 2.93. The predicted molar refractivity (Wildman–Crippen MR) is 200 cm³/mol. The number of nitrogens with zero attached hydrogens (tertiary/aromatic N) is 6. The molecule has 0 aliphatic carbocycles. The maximum atomic E-state index is 15.0. The molecule has 4 heterocycles. The number of aliphatic imine (C=N–C) groups is 2. The first-order valence-electron chi connectivity index (χ1n) is 17.1. The molecule has 0 amide bonds. The molecule has 4 aromatic carbocycles. The molecule has 2 aromatic heterocycles. The average molecular weight is 731 g/mol. The van der Waals surface area contributed by atoms with Crippen molar-refractivity contribution in [3.8, 4) is 36.1 Å². The van der Waals surface area contributed by atoms with Crippen LogP contribution in [0, 0.1) is 36.3 Å². The summed E-state index contributed by atoms with van der Waals surface area (Å²) >= 11 is 0. The summed E-state index contributed by atoms with van der Waals surface area (Å²) in [7, 11) is 0. The molecule has 0 bridgehead atoms. The Hall–Kier alpha value is -7.44. The van der Waals surface area contributed by atoms with Gasteiger partial charge in [0.2, 0.25) is 0 Å². The van der Waals surface area contributed by atoms with Crippen LogP contribution in [0.4, 0.5) is 8.78 Å². The maximum absolute atomic E-state index is 15.0. The summed E-state index contributed by atoms with van der Waals surface area (Å²) < 4.78 is 44.4. The molecule has 10 nitrogen and oxygen atoms in total. The Morgan fingerprint density at radius 3 is 1.49 bits per heavy atom. The molecule has 6 aromatic rings. The molecule has 0 unspecified atom stereocenters. The number of hydrogen-bond acceptors (Lipinski definition) is 8. The van der Waals surface area contributed by atoms with Gasteiger partial charge in [0, 0.05) is 39.8 Å². The Morgan fingerprint density at radius 1 is 0.636 bits per heavy atom. The molecule has 0 saturated carbocycles. The van der Waals surface area contributed by atoms with Gasteiger partial charge in [-0.25, -0.2) is 28.3 Å². The molecule has 12 heteroatoms. The quantitative estimate of drug-likeness (QED) is 0.102. The van der Waals surface area contributed by atoms with Crippen LogP contribution < -0.4 is 0 Å². The van der Waals surface area contributed by atoms with E-state index in [9.17, 15) is 18.4 Å². The molecule has 0 saturated heterocycles. The van der Waals surface area contributed by atoms with Gasteiger partial charge >= 0.3 is 11.9 Å². The van der Waals surface area contributed by atoms with E-state index >= 15 is 0 Å². The number of benzene rings is 4. The van der Waals surface area contributed by atoms with E-state index in [1.165, 1.54) is 24.8 Å². The topological polar surface area (TPSA) is 113 Å². The lowest BCUT2D eigenvalue weighted by atomic mass is 9.98. The highest BCUT2D eigenvalue weighted by Crippen LogP contribution is 2.30. The number of halogens is 2. The van der Waals surface area contributed by atoms with Crippen molar-refractivity contribution in [1.82, 2.24) is 19.1 Å². The molecule has 0 atom stereocenters. The van der Waals surface area contributed by atoms with Crippen LogP contribution in [0.1, 0.15) is 72.2 Å². The van der Waals surface area contributed by atoms with Crippen LogP contribution in [0.15, 0.2) is 108 Å². The van der Waals surface area contributed by atoms with E-state index in [-0.39, 0.29) is 44.1 Å². The van der Waals surface area contributed by atoms with E-state index in [1.54, 1.807) is 81.9 Å². The van der Waals surface area contributed by atoms with Crippen molar-refractivity contribution >= 4 is 23.4 Å². The van der Waals surface area contributed by atoms with Crippen molar-refractivity contribution in [2.24, 2.45) is 9.98 Å². The second-order valence-electron chi connectivity index (χ2n) is 12.5. The van der Waals surface area contributed by atoms with Crippen LogP contribution in [-0.4, -0.2) is 55.7 Å². The lowest BCUT2D eigenvalue weighted by molar-refractivity contribution is 0.0388. The molecule has 2 aliphatic heterocycles. The Balaban J connectivity index is 0.953. The minimum Gasteiger partial charge on any atom is -0.461 e. The minimum absolute atomic E-state index is 0.0160. The number of hydrogen-bond donors (Lipinski definition) is 0. The zero-order valence-corrected chi connectivity index (χ0v) is 29.0. The highest BCUT2D eigenvalue weighted by Gasteiger charge is 2.28. The summed E-state index contributed by atoms with van der Waals surface area (Å²) in [6, 6.07) is 23.2. The van der Waals surface area contributed by atoms with E-state index in [1.807, 2.05) is 0 Å². The number of terminal acetylenes is 2. The number of carbonyl (C=O) groups is 2. The molecule has 0 spiro atoms. The molecule has 8 rings (SSSR count). The van der Waals surface area contributed by atoms with Gasteiger partial charge in [0.25, 0.3) is 0 Å². The van der Waals surface area contributed by atoms with Crippen molar-refractivity contribution in [3.05, 3.63) is 165 Å². The van der Waals surface area contributed by atoms with Gasteiger partial charge in [-0.05, 0) is 60.7 Å². The number of fused-ring (bicyclic) bond motifs is 6. The summed E-state index contributed by atoms with van der Waals surface area (Å²) in [5.41, 5.74) is 5.99. The first-order chi connectivity index (χ1) is 26.9. The van der Waals surface area contributed by atoms with Crippen LogP contribution in [0.2, 0.25) is 0 Å². The fourth-order valence-electron chi connectivity index (χ4n) is 6.63. The number of imidazole rings is 2. The average Bonchev–Trinajstić information content (AvgIpc) is 3.75. The van der Waals surface area contributed by atoms with Crippen molar-refractivity contribution in [2.45, 2.75) is 19.5 Å². The third kappa shape index (κ3) is 6.36. The Morgan fingerprint density at radius 2 is 1.07 bits per heavy atom. The Bertz CT molecular complexity index is 2510. The van der Waals surface area contributed by atoms with Gasteiger partial charge in [-0.2, -0.15) is 0 Å². The van der Waals surface area contributed by atoms with Crippen LogP contribution in [-0.2, 0) is 22.6 Å². The Kier molecular flexibility index (Phi) is 9.15. The largest absolute Gasteiger partial charge is 0.461 e. The van der Waals surface area contributed by atoms with E-state index < -0.39 is 23.6 Å². The molecule has 55 heavy (non-hydrogen) atoms. The third-order valence-electron chi connectivity index (χ3n) is 9.26. The van der Waals surface area contributed by atoms with E-state index in [0.717, 1.165) is 0 Å². The minimum atomic E-state index is -0.694. The SMILES string of the molecule is C#Cc1ccc2c(c1)C(c1ccccc1F)=NCc1c(C(=O)OCCCOC(=O)c3ncn4c3CN=C(c3ccccc3F)c3cc(C#C)ccc3-4)ncn1-2. The molecule has 0 fully saturated rings. The van der Waals surface area contributed by atoms with Gasteiger partial charge in [-0.3, -0.25) is 19.1 Å². The number of esters is 2. The molecule has 268 valence electrons.